The summed E-state index contributed by atoms with van der Waals surface area (Å²) >= 11 is 0. The van der Waals surface area contributed by atoms with E-state index in [1.807, 2.05) is 21.1 Å². The van der Waals surface area contributed by atoms with Crippen molar-refractivity contribution in [2.24, 2.45) is 0 Å². The molecule has 0 aromatic rings. The number of unbranched alkanes of at least 4 members (excludes halogenated alkanes) is 12. The first kappa shape index (κ1) is 43.7. The number of carbonyl (C=O) groups excluding carboxylic acids is 1. The molecule has 8 nitrogen and oxygen atoms in total. The van der Waals surface area contributed by atoms with Gasteiger partial charge < -0.3 is 27.9 Å². The van der Waals surface area contributed by atoms with Gasteiger partial charge in [0.2, 0.25) is 0 Å². The Kier molecular flexibility index (Phi) is 29.2. The molecule has 0 heterocycles. The zero-order chi connectivity index (χ0) is 33.5. The number of likely N-dealkylation sites (N-methyl/N-ethyl adjacent to an activating group) is 1. The van der Waals surface area contributed by atoms with E-state index < -0.39 is 13.9 Å². The lowest BCUT2D eigenvalue weighted by atomic mass is 10.1. The number of nitrogens with zero attached hydrogens (tertiary/aromatic N) is 1. The molecule has 0 spiro atoms. The molecule has 0 aromatic carbocycles. The second-order valence-corrected chi connectivity index (χ2v) is 14.3. The van der Waals surface area contributed by atoms with Gasteiger partial charge in [-0.2, -0.15) is 0 Å². The third-order valence-corrected chi connectivity index (χ3v) is 8.17. The molecule has 0 radical (unpaired) electrons. The van der Waals surface area contributed by atoms with Crippen LogP contribution in [-0.2, 0) is 27.9 Å². The van der Waals surface area contributed by atoms with Crippen LogP contribution in [0.15, 0.2) is 36.5 Å². The highest BCUT2D eigenvalue weighted by Crippen LogP contribution is 2.38. The average Bonchev–Trinajstić information content (AvgIpc) is 2.98. The number of hydrogen-bond acceptors (Lipinski definition) is 7. The molecule has 0 aliphatic heterocycles. The number of phosphoric ester groups is 1. The largest absolute Gasteiger partial charge is 0.756 e. The summed E-state index contributed by atoms with van der Waals surface area (Å²) in [4.78, 5) is 24.8. The smallest absolute Gasteiger partial charge is 0.306 e. The quantitative estimate of drug-likeness (QED) is 0.0235. The van der Waals surface area contributed by atoms with Crippen LogP contribution in [0.5, 0.6) is 0 Å². The fourth-order valence-corrected chi connectivity index (χ4v) is 5.17. The molecule has 0 aromatic heterocycles. The number of quaternary nitrogens is 1. The first-order chi connectivity index (χ1) is 21.6. The molecule has 0 N–H and O–H groups in total. The highest BCUT2D eigenvalue weighted by Gasteiger charge is 2.20. The highest BCUT2D eigenvalue weighted by atomic mass is 31.2. The molecule has 2 atom stereocenters. The maximum absolute atomic E-state index is 12.5. The van der Waals surface area contributed by atoms with Crippen molar-refractivity contribution in [1.29, 1.82) is 0 Å². The number of rotatable bonds is 32. The van der Waals surface area contributed by atoms with Crippen molar-refractivity contribution in [3.63, 3.8) is 0 Å². The standard InChI is InChI=1S/C36H68NO7P/c1-6-8-10-12-14-15-16-17-18-19-20-21-22-23-24-25-27-29-36(38)44-35(33-41-31-28-26-13-11-9-7-2)34-43-45(39,40)42-32-30-37(3,4)5/h8,10,14-15,17-18,35H,6-7,9,11-13,16,19-34H2,1-5H3/b10-8-,15-14-,18-17-. The van der Waals surface area contributed by atoms with E-state index in [0.717, 1.165) is 57.8 Å². The molecule has 9 heteroatoms. The number of allylic oxidation sites excluding steroid dienone is 6. The van der Waals surface area contributed by atoms with Crippen LogP contribution in [0, 0.1) is 0 Å². The first-order valence-corrected chi connectivity index (χ1v) is 19.2. The number of hydrogen-bond donors (Lipinski definition) is 0. The van der Waals surface area contributed by atoms with Crippen molar-refractivity contribution in [2.45, 2.75) is 136 Å². The minimum atomic E-state index is -4.51. The first-order valence-electron chi connectivity index (χ1n) is 17.7. The van der Waals surface area contributed by atoms with Gasteiger partial charge in [0.05, 0.1) is 34.4 Å². The molecule has 0 fully saturated rings. The van der Waals surface area contributed by atoms with Gasteiger partial charge >= 0.3 is 5.97 Å². The zero-order valence-electron chi connectivity index (χ0n) is 29.6. The van der Waals surface area contributed by atoms with E-state index in [4.69, 9.17) is 18.5 Å². The summed E-state index contributed by atoms with van der Waals surface area (Å²) < 4.78 is 34.2. The molecule has 45 heavy (non-hydrogen) atoms. The summed E-state index contributed by atoms with van der Waals surface area (Å²) in [6.45, 7) is 5.21. The van der Waals surface area contributed by atoms with E-state index in [-0.39, 0.29) is 25.8 Å². The normalized spacial score (nSPS) is 14.5. The molecule has 2 unspecified atom stereocenters. The summed E-state index contributed by atoms with van der Waals surface area (Å²) in [5.41, 5.74) is 0. The molecule has 0 aliphatic rings. The molecular weight excluding hydrogens is 589 g/mol. The summed E-state index contributed by atoms with van der Waals surface area (Å²) in [7, 11) is 1.34. The van der Waals surface area contributed by atoms with Gasteiger partial charge in [-0.05, 0) is 44.9 Å². The minimum absolute atomic E-state index is 0.0236. The summed E-state index contributed by atoms with van der Waals surface area (Å²) in [6, 6.07) is 0. The van der Waals surface area contributed by atoms with Crippen LogP contribution >= 0.6 is 7.82 Å². The lowest BCUT2D eigenvalue weighted by Crippen LogP contribution is -2.37. The van der Waals surface area contributed by atoms with Crippen LogP contribution in [-0.4, -0.2) is 70.7 Å². The van der Waals surface area contributed by atoms with Gasteiger partial charge in [0, 0.05) is 13.0 Å². The number of esters is 1. The van der Waals surface area contributed by atoms with Gasteiger partial charge in [-0.25, -0.2) is 0 Å². The predicted octanol–water partition coefficient (Wildman–Crippen LogP) is 8.85. The molecule has 0 saturated carbocycles. The van der Waals surface area contributed by atoms with Crippen molar-refractivity contribution in [1.82, 2.24) is 0 Å². The Morgan fingerprint density at radius 1 is 0.711 bits per heavy atom. The average molecular weight is 658 g/mol. The molecule has 0 aliphatic carbocycles. The highest BCUT2D eigenvalue weighted by molar-refractivity contribution is 7.45. The second-order valence-electron chi connectivity index (χ2n) is 12.9. The Balaban J connectivity index is 4.23. The number of phosphoric acid groups is 1. The Morgan fingerprint density at radius 2 is 1.29 bits per heavy atom. The van der Waals surface area contributed by atoms with Crippen molar-refractivity contribution in [3.8, 4) is 0 Å². The van der Waals surface area contributed by atoms with E-state index in [2.05, 4.69) is 50.3 Å². The van der Waals surface area contributed by atoms with Crippen LogP contribution in [0.2, 0.25) is 0 Å². The molecule has 0 saturated heterocycles. The minimum Gasteiger partial charge on any atom is -0.756 e. The van der Waals surface area contributed by atoms with Crippen LogP contribution in [0.1, 0.15) is 129 Å². The Bertz CT molecular complexity index is 823. The van der Waals surface area contributed by atoms with E-state index >= 15 is 0 Å². The Labute approximate surface area is 276 Å². The fourth-order valence-electron chi connectivity index (χ4n) is 4.44. The molecule has 0 rings (SSSR count). The topological polar surface area (TPSA) is 94.1 Å². The summed E-state index contributed by atoms with van der Waals surface area (Å²) in [6.07, 6.45) is 31.7. The van der Waals surface area contributed by atoms with Crippen LogP contribution < -0.4 is 4.89 Å². The van der Waals surface area contributed by atoms with Crippen molar-refractivity contribution in [2.75, 3.05) is 54.1 Å². The van der Waals surface area contributed by atoms with Crippen LogP contribution in [0.3, 0.4) is 0 Å². The zero-order valence-corrected chi connectivity index (χ0v) is 30.5. The van der Waals surface area contributed by atoms with Gasteiger partial charge in [-0.1, -0.05) is 115 Å². The van der Waals surface area contributed by atoms with Gasteiger partial charge in [0.15, 0.2) is 0 Å². The fraction of sp³-hybridized carbons (Fsp3) is 0.806. The molecule has 264 valence electrons. The second kappa shape index (κ2) is 30.1. The van der Waals surface area contributed by atoms with E-state index in [1.54, 1.807) is 0 Å². The van der Waals surface area contributed by atoms with Crippen molar-refractivity contribution in [3.05, 3.63) is 36.5 Å². The van der Waals surface area contributed by atoms with Crippen LogP contribution in [0.25, 0.3) is 0 Å². The van der Waals surface area contributed by atoms with E-state index in [0.29, 0.717) is 24.1 Å². The van der Waals surface area contributed by atoms with Gasteiger partial charge in [0.25, 0.3) is 7.82 Å². The summed E-state index contributed by atoms with van der Waals surface area (Å²) in [5.74, 6) is -0.350. The van der Waals surface area contributed by atoms with Crippen molar-refractivity contribution >= 4 is 13.8 Å². The van der Waals surface area contributed by atoms with E-state index in [1.165, 1.54) is 51.4 Å². The molecular formula is C36H68NO7P. The number of carbonyl (C=O) groups is 1. The van der Waals surface area contributed by atoms with Gasteiger partial charge in [-0.3, -0.25) is 9.36 Å². The van der Waals surface area contributed by atoms with Crippen molar-refractivity contribution < 1.29 is 37.3 Å². The Morgan fingerprint density at radius 3 is 1.93 bits per heavy atom. The van der Waals surface area contributed by atoms with Crippen LogP contribution in [0.4, 0.5) is 0 Å². The molecule has 0 bridgehead atoms. The maximum Gasteiger partial charge on any atom is 0.306 e. The summed E-state index contributed by atoms with van der Waals surface area (Å²) in [5, 5.41) is 0. The third-order valence-electron chi connectivity index (χ3n) is 7.21. The molecule has 0 amide bonds. The van der Waals surface area contributed by atoms with E-state index in [9.17, 15) is 14.3 Å². The van der Waals surface area contributed by atoms with Gasteiger partial charge in [-0.15, -0.1) is 0 Å². The third kappa shape index (κ3) is 33.9. The Hall–Kier alpha value is -1.28. The lowest BCUT2D eigenvalue weighted by molar-refractivity contribution is -0.870. The lowest BCUT2D eigenvalue weighted by Gasteiger charge is -2.28. The SMILES string of the molecule is CC/C=C\C/C=C\C/C=C\CCCCCCCCCC(=O)OC(COCCCCCCCC)COP(=O)([O-])OCC[N+](C)(C)C. The maximum atomic E-state index is 12.5. The van der Waals surface area contributed by atoms with Gasteiger partial charge in [0.1, 0.15) is 19.3 Å². The monoisotopic (exact) mass is 657 g/mol. The number of ether oxygens (including phenoxy) is 2. The predicted molar refractivity (Wildman–Crippen MR) is 185 cm³/mol.